The van der Waals surface area contributed by atoms with Gasteiger partial charge in [-0.1, -0.05) is 10.4 Å². The number of hydrogen-bond donors (Lipinski definition) is 0. The molecule has 178 valence electrons. The topological polar surface area (TPSA) is 183 Å². The lowest BCUT2D eigenvalue weighted by Gasteiger charge is -2.05. The summed E-state index contributed by atoms with van der Waals surface area (Å²) < 4.78 is 15.1. The van der Waals surface area contributed by atoms with E-state index in [4.69, 9.17) is 9.47 Å². The van der Waals surface area contributed by atoms with Crippen LogP contribution in [0.25, 0.3) is 11.3 Å². The Labute approximate surface area is 189 Å². The highest BCUT2D eigenvalue weighted by atomic mass is 16.5. The normalized spacial score (nSPS) is 11.5. The van der Waals surface area contributed by atoms with Crippen LogP contribution >= 0.6 is 0 Å². The fourth-order valence-electron chi connectivity index (χ4n) is 3.04. The van der Waals surface area contributed by atoms with Crippen molar-refractivity contribution in [2.45, 2.75) is 12.8 Å². The monoisotopic (exact) mass is 472 g/mol. The molecule has 0 aliphatic carbocycles. The predicted octanol–water partition coefficient (Wildman–Crippen LogP) is -2.16. The second kappa shape index (κ2) is 9.75. The van der Waals surface area contributed by atoms with E-state index in [-0.39, 0.29) is 73.5 Å². The number of imidazole rings is 2. The zero-order chi connectivity index (χ0) is 24.2. The molecule has 4 rings (SSSR count). The summed E-state index contributed by atoms with van der Waals surface area (Å²) in [6, 6.07) is 0. The summed E-state index contributed by atoms with van der Waals surface area (Å²) in [5.74, 6) is -0.663. The Morgan fingerprint density at radius 1 is 0.735 bits per heavy atom. The average Bonchev–Trinajstić information content (AvgIpc) is 3.45. The molecule has 34 heavy (non-hydrogen) atoms. The van der Waals surface area contributed by atoms with Gasteiger partial charge in [-0.25, -0.2) is 28.4 Å². The first-order chi connectivity index (χ1) is 16.4. The zero-order valence-corrected chi connectivity index (χ0v) is 18.3. The van der Waals surface area contributed by atoms with Gasteiger partial charge in [0.05, 0.1) is 26.4 Å². The van der Waals surface area contributed by atoms with E-state index >= 15 is 0 Å². The van der Waals surface area contributed by atoms with Crippen LogP contribution in [-0.4, -0.2) is 86.8 Å². The Bertz CT molecular complexity index is 1370. The van der Waals surface area contributed by atoms with E-state index in [0.717, 1.165) is 18.2 Å². The molecular formula is C18H20N10O6. The molecule has 16 heteroatoms. The van der Waals surface area contributed by atoms with Crippen molar-refractivity contribution in [3.63, 3.8) is 0 Å². The number of ether oxygens (including phenoxy) is 2. The summed E-state index contributed by atoms with van der Waals surface area (Å²) in [6.45, 7) is 0.654. The third-order valence-corrected chi connectivity index (χ3v) is 4.84. The predicted molar refractivity (Wildman–Crippen MR) is 112 cm³/mol. The van der Waals surface area contributed by atoms with Crippen molar-refractivity contribution in [3.05, 3.63) is 45.0 Å². The quantitative estimate of drug-likeness (QED) is 0.170. The van der Waals surface area contributed by atoms with Gasteiger partial charge in [-0.3, -0.25) is 9.59 Å². The molecule has 0 saturated carbocycles. The minimum atomic E-state index is -0.457. The SMILES string of the molecule is Cn1nnc2c(C(=O)CCOCCOCCC(=O)c3ncn4c(=O)n(C)nnc34)ncn2c1=O. The molecule has 0 amide bonds. The van der Waals surface area contributed by atoms with Crippen LogP contribution in [0.3, 0.4) is 0 Å². The number of aromatic nitrogens is 10. The molecule has 0 aliphatic heterocycles. The molecule has 0 aliphatic rings. The van der Waals surface area contributed by atoms with Gasteiger partial charge in [0.1, 0.15) is 12.7 Å². The highest BCUT2D eigenvalue weighted by Gasteiger charge is 2.18. The Morgan fingerprint density at radius 2 is 1.15 bits per heavy atom. The Morgan fingerprint density at radius 3 is 1.56 bits per heavy atom. The molecule has 0 spiro atoms. The lowest BCUT2D eigenvalue weighted by molar-refractivity contribution is 0.0435. The molecule has 16 nitrogen and oxygen atoms in total. The first-order valence-corrected chi connectivity index (χ1v) is 10.1. The van der Waals surface area contributed by atoms with Crippen LogP contribution in [0.2, 0.25) is 0 Å². The Kier molecular flexibility index (Phi) is 6.60. The van der Waals surface area contributed by atoms with Crippen molar-refractivity contribution in [2.75, 3.05) is 26.4 Å². The fourth-order valence-corrected chi connectivity index (χ4v) is 3.04. The van der Waals surface area contributed by atoms with Crippen LogP contribution in [0.15, 0.2) is 22.2 Å². The number of carbonyl (C=O) groups is 2. The van der Waals surface area contributed by atoms with Crippen LogP contribution in [0, 0.1) is 0 Å². The van der Waals surface area contributed by atoms with Crippen LogP contribution in [-0.2, 0) is 23.6 Å². The minimum Gasteiger partial charge on any atom is -0.379 e. The van der Waals surface area contributed by atoms with Gasteiger partial charge in [0, 0.05) is 26.9 Å². The van der Waals surface area contributed by atoms with Gasteiger partial charge < -0.3 is 9.47 Å². The van der Waals surface area contributed by atoms with Crippen molar-refractivity contribution >= 4 is 22.9 Å². The second-order valence-electron chi connectivity index (χ2n) is 7.14. The molecule has 0 aromatic carbocycles. The second-order valence-corrected chi connectivity index (χ2v) is 7.14. The number of carbonyl (C=O) groups excluding carboxylic acids is 2. The van der Waals surface area contributed by atoms with Gasteiger partial charge in [0.25, 0.3) is 0 Å². The number of nitrogens with zero attached hydrogens (tertiary/aromatic N) is 10. The number of rotatable bonds is 11. The molecular weight excluding hydrogens is 452 g/mol. The van der Waals surface area contributed by atoms with Gasteiger partial charge in [0.2, 0.25) is 0 Å². The Balaban J connectivity index is 1.16. The van der Waals surface area contributed by atoms with Crippen molar-refractivity contribution in [2.24, 2.45) is 14.1 Å². The molecule has 0 fully saturated rings. The fraction of sp³-hybridized carbons (Fsp3) is 0.444. The summed E-state index contributed by atoms with van der Waals surface area (Å²) in [4.78, 5) is 56.4. The van der Waals surface area contributed by atoms with E-state index in [1.165, 1.54) is 26.7 Å². The highest BCUT2D eigenvalue weighted by molar-refractivity contribution is 6.00. The molecule has 0 unspecified atom stereocenters. The summed E-state index contributed by atoms with van der Waals surface area (Å²) >= 11 is 0. The van der Waals surface area contributed by atoms with Gasteiger partial charge >= 0.3 is 11.4 Å². The first kappa shape index (κ1) is 23.0. The molecule has 0 atom stereocenters. The van der Waals surface area contributed by atoms with Crippen LogP contribution < -0.4 is 11.4 Å². The first-order valence-electron chi connectivity index (χ1n) is 10.1. The number of Topliss-reactive ketones (excluding diaryl/α,β-unsaturated/α-hetero) is 2. The van der Waals surface area contributed by atoms with Gasteiger partial charge in [-0.05, 0) is 0 Å². The molecule has 4 heterocycles. The van der Waals surface area contributed by atoms with E-state index in [1.54, 1.807) is 0 Å². The molecule has 0 saturated heterocycles. The number of hydrogen-bond acceptors (Lipinski definition) is 12. The maximum Gasteiger partial charge on any atom is 0.352 e. The van der Waals surface area contributed by atoms with E-state index in [9.17, 15) is 19.2 Å². The average molecular weight is 472 g/mol. The highest BCUT2D eigenvalue weighted by Crippen LogP contribution is 2.07. The van der Waals surface area contributed by atoms with E-state index < -0.39 is 11.4 Å². The van der Waals surface area contributed by atoms with Crippen molar-refractivity contribution in [1.29, 1.82) is 0 Å². The molecule has 0 radical (unpaired) electrons. The summed E-state index contributed by atoms with van der Waals surface area (Å²) in [6.07, 6.45) is 2.54. The minimum absolute atomic E-state index is 0.0376. The molecule has 4 aromatic heterocycles. The van der Waals surface area contributed by atoms with E-state index in [2.05, 4.69) is 30.6 Å². The van der Waals surface area contributed by atoms with Gasteiger partial charge in [0.15, 0.2) is 34.2 Å². The lowest BCUT2D eigenvalue weighted by atomic mass is 10.2. The molecule has 0 N–H and O–H groups in total. The van der Waals surface area contributed by atoms with Gasteiger partial charge in [-0.2, -0.15) is 9.36 Å². The number of aryl methyl sites for hydroxylation is 2. The van der Waals surface area contributed by atoms with Crippen LogP contribution in [0.1, 0.15) is 33.8 Å². The van der Waals surface area contributed by atoms with Crippen LogP contribution in [0.4, 0.5) is 0 Å². The summed E-state index contributed by atoms with van der Waals surface area (Å²) in [5.41, 5.74) is -0.616. The van der Waals surface area contributed by atoms with Crippen LogP contribution in [0.5, 0.6) is 0 Å². The molecule has 4 aromatic rings. The number of fused-ring (bicyclic) bond motifs is 2. The summed E-state index contributed by atoms with van der Waals surface area (Å²) in [5, 5.41) is 15.0. The van der Waals surface area contributed by atoms with Crippen molar-refractivity contribution < 1.29 is 19.1 Å². The van der Waals surface area contributed by atoms with E-state index in [0.29, 0.717) is 0 Å². The van der Waals surface area contributed by atoms with Crippen molar-refractivity contribution in [1.82, 2.24) is 48.8 Å². The number of ketones is 2. The maximum atomic E-state index is 12.3. The maximum absolute atomic E-state index is 12.3. The third-order valence-electron chi connectivity index (χ3n) is 4.84. The van der Waals surface area contributed by atoms with E-state index in [1.807, 2.05) is 0 Å². The standard InChI is InChI=1S/C18H20N10O6/c1-25-17(31)27-9-19-13(15(27)21-23-25)11(29)3-5-33-7-8-34-6-4-12(30)14-16-22-24-26(2)18(32)28(16)10-20-14/h9-10H,3-8H2,1-2H3. The lowest BCUT2D eigenvalue weighted by Crippen LogP contribution is -2.27. The smallest absolute Gasteiger partial charge is 0.352 e. The van der Waals surface area contributed by atoms with Gasteiger partial charge in [-0.15, -0.1) is 10.2 Å². The zero-order valence-electron chi connectivity index (χ0n) is 18.3. The van der Waals surface area contributed by atoms with Crippen molar-refractivity contribution in [3.8, 4) is 0 Å². The Hall–Kier alpha value is -4.18. The largest absolute Gasteiger partial charge is 0.379 e. The summed E-state index contributed by atoms with van der Waals surface area (Å²) in [7, 11) is 2.89. The molecule has 0 bridgehead atoms. The third kappa shape index (κ3) is 4.48.